The Kier molecular flexibility index (Phi) is 6.14. The molecule has 0 spiro atoms. The van der Waals surface area contributed by atoms with Gasteiger partial charge in [0.05, 0.1) is 5.69 Å². The molecule has 0 heterocycles. The maximum Gasteiger partial charge on any atom is 0.315 e. The van der Waals surface area contributed by atoms with E-state index in [0.717, 1.165) is 5.56 Å². The minimum Gasteiger partial charge on any atom is -0.334 e. The van der Waals surface area contributed by atoms with Crippen LogP contribution in [0.15, 0.2) is 48.5 Å². The Bertz CT molecular complexity index is 739. The molecule has 2 rings (SSSR count). The largest absolute Gasteiger partial charge is 0.334 e. The van der Waals surface area contributed by atoms with E-state index in [1.807, 2.05) is 6.07 Å². The van der Waals surface area contributed by atoms with Crippen molar-refractivity contribution in [2.45, 2.75) is 19.5 Å². The number of carbonyl (C=O) groups is 2. The summed E-state index contributed by atoms with van der Waals surface area (Å²) in [7, 11) is 0. The van der Waals surface area contributed by atoms with Crippen LogP contribution in [0.4, 0.5) is 14.9 Å². The normalized spacial score (nSPS) is 11.5. The van der Waals surface area contributed by atoms with E-state index in [-0.39, 0.29) is 12.2 Å². The molecule has 5 nitrogen and oxygen atoms in total. The first-order chi connectivity index (χ1) is 11.5. The average Bonchev–Trinajstić information content (AvgIpc) is 2.55. The summed E-state index contributed by atoms with van der Waals surface area (Å²) in [5.74, 6) is -1.05. The highest BCUT2D eigenvalue weighted by Crippen LogP contribution is 2.12. The lowest BCUT2D eigenvalue weighted by Crippen LogP contribution is -2.46. The Balaban J connectivity index is 1.82. The molecule has 0 aromatic heterocycles. The maximum atomic E-state index is 13.5. The van der Waals surface area contributed by atoms with Gasteiger partial charge in [-0.15, -0.1) is 0 Å². The van der Waals surface area contributed by atoms with Gasteiger partial charge in [0.25, 0.3) is 0 Å². The second kappa shape index (κ2) is 8.31. The van der Waals surface area contributed by atoms with Gasteiger partial charge in [-0.25, -0.2) is 9.18 Å². The van der Waals surface area contributed by atoms with Crippen molar-refractivity contribution >= 4 is 29.2 Å². The van der Waals surface area contributed by atoms with E-state index in [2.05, 4.69) is 16.0 Å². The fraction of sp³-hybridized carbons (Fsp3) is 0.176. The molecule has 0 saturated carbocycles. The zero-order valence-electron chi connectivity index (χ0n) is 13.0. The van der Waals surface area contributed by atoms with Crippen LogP contribution in [-0.4, -0.2) is 18.0 Å². The molecule has 1 unspecified atom stereocenters. The lowest BCUT2D eigenvalue weighted by molar-refractivity contribution is -0.117. The minimum atomic E-state index is -0.830. The van der Waals surface area contributed by atoms with Gasteiger partial charge in [0, 0.05) is 11.6 Å². The van der Waals surface area contributed by atoms with Gasteiger partial charge >= 0.3 is 6.03 Å². The number of rotatable bonds is 5. The van der Waals surface area contributed by atoms with Crippen LogP contribution < -0.4 is 16.0 Å². The zero-order chi connectivity index (χ0) is 17.5. The summed E-state index contributed by atoms with van der Waals surface area (Å²) >= 11 is 5.86. The van der Waals surface area contributed by atoms with Crippen molar-refractivity contribution in [1.82, 2.24) is 10.6 Å². The summed E-state index contributed by atoms with van der Waals surface area (Å²) in [4.78, 5) is 23.8. The fourth-order valence-corrected chi connectivity index (χ4v) is 2.16. The number of benzene rings is 2. The maximum absolute atomic E-state index is 13.5. The van der Waals surface area contributed by atoms with Crippen LogP contribution in [0.3, 0.4) is 0 Å². The van der Waals surface area contributed by atoms with E-state index in [0.29, 0.717) is 5.02 Å². The Hall–Kier alpha value is -2.60. The van der Waals surface area contributed by atoms with Crippen LogP contribution >= 0.6 is 11.6 Å². The van der Waals surface area contributed by atoms with Crippen molar-refractivity contribution in [2.75, 3.05) is 5.32 Å². The molecule has 1 atom stereocenters. The van der Waals surface area contributed by atoms with E-state index in [1.165, 1.54) is 25.1 Å². The lowest BCUT2D eigenvalue weighted by atomic mass is 10.2. The van der Waals surface area contributed by atoms with Crippen molar-refractivity contribution in [1.29, 1.82) is 0 Å². The number of urea groups is 1. The molecular weight excluding hydrogens is 333 g/mol. The van der Waals surface area contributed by atoms with Crippen molar-refractivity contribution in [3.63, 3.8) is 0 Å². The zero-order valence-corrected chi connectivity index (χ0v) is 13.7. The minimum absolute atomic E-state index is 0.0653. The molecule has 3 amide bonds. The standard InChI is InChI=1S/C17H17ClFN3O2/c1-11(16(23)22-15-8-3-2-7-14(15)19)21-17(24)20-10-12-5-4-6-13(18)9-12/h2-9,11H,10H2,1H3,(H,22,23)(H2,20,21,24). The fourth-order valence-electron chi connectivity index (χ4n) is 1.95. The average molecular weight is 350 g/mol. The van der Waals surface area contributed by atoms with Crippen molar-refractivity contribution in [2.24, 2.45) is 0 Å². The number of hydrogen-bond acceptors (Lipinski definition) is 2. The number of para-hydroxylation sites is 1. The molecule has 2 aromatic rings. The van der Waals surface area contributed by atoms with Gasteiger partial charge in [0.15, 0.2) is 0 Å². The first kappa shape index (κ1) is 17.7. The number of halogens is 2. The third kappa shape index (κ3) is 5.24. The molecule has 7 heteroatoms. The predicted octanol–water partition coefficient (Wildman–Crippen LogP) is 3.31. The van der Waals surface area contributed by atoms with Crippen LogP contribution in [0.2, 0.25) is 5.02 Å². The molecular formula is C17H17ClFN3O2. The Labute approximate surface area is 144 Å². The first-order valence-corrected chi connectivity index (χ1v) is 7.67. The third-order valence-electron chi connectivity index (χ3n) is 3.21. The molecule has 0 radical (unpaired) electrons. The molecule has 0 fully saturated rings. The van der Waals surface area contributed by atoms with Crippen molar-refractivity contribution in [3.05, 3.63) is 64.9 Å². The van der Waals surface area contributed by atoms with Crippen LogP contribution in [0.25, 0.3) is 0 Å². The second-order valence-corrected chi connectivity index (χ2v) is 5.58. The van der Waals surface area contributed by atoms with Gasteiger partial charge in [-0.05, 0) is 36.8 Å². The number of amides is 3. The molecule has 0 bridgehead atoms. The van der Waals surface area contributed by atoms with Gasteiger partial charge in [0.1, 0.15) is 11.9 Å². The summed E-state index contributed by atoms with van der Waals surface area (Å²) in [6.45, 7) is 1.78. The summed E-state index contributed by atoms with van der Waals surface area (Å²) in [6.07, 6.45) is 0. The Morgan fingerprint density at radius 1 is 1.17 bits per heavy atom. The van der Waals surface area contributed by atoms with Gasteiger partial charge in [0.2, 0.25) is 5.91 Å². The van der Waals surface area contributed by atoms with E-state index in [1.54, 1.807) is 24.3 Å². The monoisotopic (exact) mass is 349 g/mol. The molecule has 126 valence electrons. The van der Waals surface area contributed by atoms with Gasteiger partial charge in [-0.2, -0.15) is 0 Å². The number of hydrogen-bond donors (Lipinski definition) is 3. The molecule has 0 saturated heterocycles. The smallest absolute Gasteiger partial charge is 0.315 e. The van der Waals surface area contributed by atoms with E-state index < -0.39 is 23.8 Å². The summed E-state index contributed by atoms with van der Waals surface area (Å²) < 4.78 is 13.5. The number of anilines is 1. The first-order valence-electron chi connectivity index (χ1n) is 7.30. The number of nitrogens with one attached hydrogen (secondary N) is 3. The van der Waals surface area contributed by atoms with E-state index in [9.17, 15) is 14.0 Å². The molecule has 0 aliphatic heterocycles. The summed E-state index contributed by atoms with van der Waals surface area (Å²) in [6, 6.07) is 11.5. The lowest BCUT2D eigenvalue weighted by Gasteiger charge is -2.15. The SMILES string of the molecule is CC(NC(=O)NCc1cccc(Cl)c1)C(=O)Nc1ccccc1F. The Morgan fingerprint density at radius 3 is 2.62 bits per heavy atom. The molecule has 2 aromatic carbocycles. The summed E-state index contributed by atoms with van der Waals surface area (Å²) in [5, 5.41) is 8.11. The second-order valence-electron chi connectivity index (χ2n) is 5.15. The van der Waals surface area contributed by atoms with Gasteiger partial charge in [-0.1, -0.05) is 35.9 Å². The predicted molar refractivity (Wildman–Crippen MR) is 91.3 cm³/mol. The molecule has 24 heavy (non-hydrogen) atoms. The quantitative estimate of drug-likeness (QED) is 0.775. The van der Waals surface area contributed by atoms with E-state index in [4.69, 9.17) is 11.6 Å². The third-order valence-corrected chi connectivity index (χ3v) is 3.45. The topological polar surface area (TPSA) is 70.2 Å². The van der Waals surface area contributed by atoms with Gasteiger partial charge < -0.3 is 16.0 Å². The van der Waals surface area contributed by atoms with Crippen LogP contribution in [0.5, 0.6) is 0 Å². The molecule has 0 aliphatic carbocycles. The number of carbonyl (C=O) groups excluding carboxylic acids is 2. The highest BCUT2D eigenvalue weighted by atomic mass is 35.5. The van der Waals surface area contributed by atoms with E-state index >= 15 is 0 Å². The van der Waals surface area contributed by atoms with Crippen LogP contribution in [0, 0.1) is 5.82 Å². The van der Waals surface area contributed by atoms with Crippen LogP contribution in [0.1, 0.15) is 12.5 Å². The van der Waals surface area contributed by atoms with Crippen molar-refractivity contribution < 1.29 is 14.0 Å². The highest BCUT2D eigenvalue weighted by molar-refractivity contribution is 6.30. The Morgan fingerprint density at radius 2 is 1.92 bits per heavy atom. The summed E-state index contributed by atoms with van der Waals surface area (Å²) in [5.41, 5.74) is 0.900. The van der Waals surface area contributed by atoms with Gasteiger partial charge in [-0.3, -0.25) is 4.79 Å². The molecule has 0 aliphatic rings. The molecule has 3 N–H and O–H groups in total. The highest BCUT2D eigenvalue weighted by Gasteiger charge is 2.16. The van der Waals surface area contributed by atoms with Crippen molar-refractivity contribution in [3.8, 4) is 0 Å². The van der Waals surface area contributed by atoms with Crippen LogP contribution in [-0.2, 0) is 11.3 Å².